The van der Waals surface area contributed by atoms with E-state index >= 15 is 0 Å². The molecule has 0 saturated heterocycles. The number of halogens is 2. The molecule has 0 aliphatic rings. The van der Waals surface area contributed by atoms with Crippen LogP contribution in [0.3, 0.4) is 0 Å². The Bertz CT molecular complexity index is 602. The molecule has 2 aromatic carbocycles. The third-order valence-electron chi connectivity index (χ3n) is 2.89. The van der Waals surface area contributed by atoms with Gasteiger partial charge in [0.25, 0.3) is 0 Å². The van der Waals surface area contributed by atoms with Crippen LogP contribution in [0, 0.1) is 11.6 Å². The van der Waals surface area contributed by atoms with Gasteiger partial charge >= 0.3 is 0 Å². The highest BCUT2D eigenvalue weighted by atomic mass is 19.1. The van der Waals surface area contributed by atoms with Gasteiger partial charge in [-0.05, 0) is 30.3 Å². The van der Waals surface area contributed by atoms with Gasteiger partial charge in [0.2, 0.25) is 0 Å². The molecule has 0 spiro atoms. The van der Waals surface area contributed by atoms with Crippen molar-refractivity contribution in [1.82, 2.24) is 0 Å². The fourth-order valence-corrected chi connectivity index (χ4v) is 1.81. The SMILES string of the molecule is COc1ccc(NCc2cc(F)ccc2F)c(OC)c1. The molecule has 0 aliphatic carbocycles. The minimum Gasteiger partial charge on any atom is -0.497 e. The number of rotatable bonds is 5. The van der Waals surface area contributed by atoms with Crippen LogP contribution in [0.15, 0.2) is 36.4 Å². The van der Waals surface area contributed by atoms with Crippen LogP contribution in [-0.4, -0.2) is 14.2 Å². The third-order valence-corrected chi connectivity index (χ3v) is 2.89. The molecule has 0 fully saturated rings. The molecule has 0 heterocycles. The monoisotopic (exact) mass is 279 g/mol. The molecule has 0 saturated carbocycles. The second-order valence-electron chi connectivity index (χ2n) is 4.16. The van der Waals surface area contributed by atoms with E-state index in [-0.39, 0.29) is 12.1 Å². The van der Waals surface area contributed by atoms with Crippen LogP contribution in [0.2, 0.25) is 0 Å². The Labute approximate surface area is 116 Å². The predicted molar refractivity (Wildman–Crippen MR) is 73.2 cm³/mol. The molecular weight excluding hydrogens is 264 g/mol. The summed E-state index contributed by atoms with van der Waals surface area (Å²) in [6.45, 7) is 0.159. The van der Waals surface area contributed by atoms with E-state index in [0.717, 1.165) is 12.1 Å². The summed E-state index contributed by atoms with van der Waals surface area (Å²) in [5.74, 6) is 0.307. The zero-order valence-corrected chi connectivity index (χ0v) is 11.2. The molecule has 2 aromatic rings. The lowest BCUT2D eigenvalue weighted by atomic mass is 10.2. The van der Waals surface area contributed by atoms with E-state index in [1.807, 2.05) is 0 Å². The van der Waals surface area contributed by atoms with E-state index in [2.05, 4.69) is 5.32 Å². The van der Waals surface area contributed by atoms with Gasteiger partial charge in [0.15, 0.2) is 0 Å². The number of hydrogen-bond acceptors (Lipinski definition) is 3. The summed E-state index contributed by atoms with van der Waals surface area (Å²) >= 11 is 0. The van der Waals surface area contributed by atoms with Crippen molar-refractivity contribution < 1.29 is 18.3 Å². The van der Waals surface area contributed by atoms with Crippen molar-refractivity contribution in [2.45, 2.75) is 6.54 Å². The Kier molecular flexibility index (Phi) is 4.40. The first kappa shape index (κ1) is 14.1. The smallest absolute Gasteiger partial charge is 0.145 e. The Morgan fingerprint density at radius 1 is 1.00 bits per heavy atom. The van der Waals surface area contributed by atoms with Gasteiger partial charge in [-0.15, -0.1) is 0 Å². The maximum absolute atomic E-state index is 13.5. The van der Waals surface area contributed by atoms with Crippen molar-refractivity contribution >= 4 is 5.69 Å². The lowest BCUT2D eigenvalue weighted by Crippen LogP contribution is -2.04. The summed E-state index contributed by atoms with van der Waals surface area (Å²) in [5, 5.41) is 3.01. The number of anilines is 1. The second-order valence-corrected chi connectivity index (χ2v) is 4.16. The van der Waals surface area contributed by atoms with Gasteiger partial charge in [-0.1, -0.05) is 0 Å². The molecule has 3 nitrogen and oxygen atoms in total. The highest BCUT2D eigenvalue weighted by molar-refractivity contribution is 5.59. The third kappa shape index (κ3) is 3.17. The Morgan fingerprint density at radius 2 is 1.80 bits per heavy atom. The normalized spacial score (nSPS) is 10.2. The number of benzene rings is 2. The van der Waals surface area contributed by atoms with Crippen molar-refractivity contribution in [2.75, 3.05) is 19.5 Å². The average molecular weight is 279 g/mol. The topological polar surface area (TPSA) is 30.5 Å². The van der Waals surface area contributed by atoms with Gasteiger partial charge in [0.1, 0.15) is 23.1 Å². The van der Waals surface area contributed by atoms with Crippen molar-refractivity contribution in [1.29, 1.82) is 0 Å². The van der Waals surface area contributed by atoms with Gasteiger partial charge in [0.05, 0.1) is 19.9 Å². The molecule has 0 amide bonds. The largest absolute Gasteiger partial charge is 0.497 e. The number of ether oxygens (including phenoxy) is 2. The summed E-state index contributed by atoms with van der Waals surface area (Å²) in [5.41, 5.74) is 0.930. The van der Waals surface area contributed by atoms with Crippen LogP contribution in [0.5, 0.6) is 11.5 Å². The molecule has 106 valence electrons. The van der Waals surface area contributed by atoms with E-state index in [4.69, 9.17) is 9.47 Å². The molecule has 0 aromatic heterocycles. The van der Waals surface area contributed by atoms with E-state index in [9.17, 15) is 8.78 Å². The first-order valence-electron chi connectivity index (χ1n) is 6.04. The van der Waals surface area contributed by atoms with Gasteiger partial charge in [-0.25, -0.2) is 8.78 Å². The zero-order valence-electron chi connectivity index (χ0n) is 11.2. The van der Waals surface area contributed by atoms with Crippen LogP contribution < -0.4 is 14.8 Å². The molecule has 2 rings (SSSR count). The van der Waals surface area contributed by atoms with Gasteiger partial charge in [-0.2, -0.15) is 0 Å². The van der Waals surface area contributed by atoms with Crippen LogP contribution in [0.25, 0.3) is 0 Å². The molecule has 0 unspecified atom stereocenters. The number of hydrogen-bond donors (Lipinski definition) is 1. The quantitative estimate of drug-likeness (QED) is 0.907. The fraction of sp³-hybridized carbons (Fsp3) is 0.200. The summed E-state index contributed by atoms with van der Waals surface area (Å²) < 4.78 is 36.9. The first-order chi connectivity index (χ1) is 9.63. The van der Waals surface area contributed by atoms with Crippen LogP contribution in [0.1, 0.15) is 5.56 Å². The fourth-order valence-electron chi connectivity index (χ4n) is 1.81. The maximum Gasteiger partial charge on any atom is 0.145 e. The van der Waals surface area contributed by atoms with Gasteiger partial charge < -0.3 is 14.8 Å². The number of nitrogens with one attached hydrogen (secondary N) is 1. The van der Waals surface area contributed by atoms with Crippen molar-refractivity contribution in [2.24, 2.45) is 0 Å². The minimum atomic E-state index is -0.468. The Morgan fingerprint density at radius 3 is 2.50 bits per heavy atom. The molecule has 1 N–H and O–H groups in total. The predicted octanol–water partition coefficient (Wildman–Crippen LogP) is 3.59. The highest BCUT2D eigenvalue weighted by Crippen LogP contribution is 2.29. The Hall–Kier alpha value is -2.30. The first-order valence-corrected chi connectivity index (χ1v) is 6.04. The minimum absolute atomic E-state index is 0.159. The lowest BCUT2D eigenvalue weighted by molar-refractivity contribution is 0.395. The average Bonchev–Trinajstić information content (AvgIpc) is 2.48. The summed E-state index contributed by atoms with van der Waals surface area (Å²) in [4.78, 5) is 0. The molecular formula is C15H15F2NO2. The molecule has 5 heteroatoms. The maximum atomic E-state index is 13.5. The second kappa shape index (κ2) is 6.23. The Balaban J connectivity index is 2.16. The van der Waals surface area contributed by atoms with E-state index in [1.165, 1.54) is 13.2 Å². The van der Waals surface area contributed by atoms with Crippen molar-refractivity contribution in [3.05, 3.63) is 53.6 Å². The summed E-state index contributed by atoms with van der Waals surface area (Å²) in [6, 6.07) is 8.59. The standard InChI is InChI=1S/C15H15F2NO2/c1-19-12-4-6-14(15(8-12)20-2)18-9-10-7-11(16)3-5-13(10)17/h3-8,18H,9H2,1-2H3. The van der Waals surface area contributed by atoms with Crippen LogP contribution >= 0.6 is 0 Å². The zero-order chi connectivity index (χ0) is 14.5. The summed E-state index contributed by atoms with van der Waals surface area (Å²) in [6.07, 6.45) is 0. The molecule has 0 radical (unpaired) electrons. The van der Waals surface area contributed by atoms with Crippen molar-refractivity contribution in [3.8, 4) is 11.5 Å². The number of methoxy groups -OCH3 is 2. The van der Waals surface area contributed by atoms with Gasteiger partial charge in [-0.3, -0.25) is 0 Å². The lowest BCUT2D eigenvalue weighted by Gasteiger charge is -2.13. The molecule has 20 heavy (non-hydrogen) atoms. The molecule has 0 bridgehead atoms. The molecule has 0 atom stereocenters. The van der Waals surface area contributed by atoms with E-state index in [0.29, 0.717) is 17.2 Å². The van der Waals surface area contributed by atoms with Crippen molar-refractivity contribution in [3.63, 3.8) is 0 Å². The van der Waals surface area contributed by atoms with E-state index < -0.39 is 11.6 Å². The highest BCUT2D eigenvalue weighted by Gasteiger charge is 2.07. The summed E-state index contributed by atoms with van der Waals surface area (Å²) in [7, 11) is 3.09. The van der Waals surface area contributed by atoms with Crippen LogP contribution in [-0.2, 0) is 6.54 Å². The van der Waals surface area contributed by atoms with Gasteiger partial charge in [0, 0.05) is 18.2 Å². The van der Waals surface area contributed by atoms with E-state index in [1.54, 1.807) is 25.3 Å². The van der Waals surface area contributed by atoms with Crippen LogP contribution in [0.4, 0.5) is 14.5 Å². The molecule has 0 aliphatic heterocycles.